The molecule has 10 heteroatoms. The maximum Gasteiger partial charge on any atom is 0.573 e. The van der Waals surface area contributed by atoms with Crippen molar-refractivity contribution >= 4 is 17.5 Å². The molecule has 0 fully saturated rings. The lowest BCUT2D eigenvalue weighted by atomic mass is 10.2. The number of amides is 1. The smallest absolute Gasteiger partial charge is 0.450 e. The summed E-state index contributed by atoms with van der Waals surface area (Å²) in [5, 5.41) is -0.0997. The predicted molar refractivity (Wildman–Crippen MR) is 73.1 cm³/mol. The van der Waals surface area contributed by atoms with E-state index >= 15 is 0 Å². The highest BCUT2D eigenvalue weighted by Gasteiger charge is 2.33. The van der Waals surface area contributed by atoms with E-state index in [2.05, 4.69) is 4.74 Å². The van der Waals surface area contributed by atoms with Gasteiger partial charge in [-0.15, -0.1) is 13.2 Å². The molecule has 0 bridgehead atoms. The molecule has 0 radical (unpaired) electrons. The molecule has 0 unspecified atom stereocenters. The summed E-state index contributed by atoms with van der Waals surface area (Å²) in [6.45, 7) is 0. The third-order valence-electron chi connectivity index (χ3n) is 2.64. The summed E-state index contributed by atoms with van der Waals surface area (Å²) in [6, 6.07) is 3.86. The van der Waals surface area contributed by atoms with Crippen LogP contribution in [-0.2, 0) is 0 Å². The van der Waals surface area contributed by atoms with Gasteiger partial charge in [-0.25, -0.2) is 8.78 Å². The van der Waals surface area contributed by atoms with Crippen LogP contribution in [-0.4, -0.2) is 12.3 Å². The minimum Gasteiger partial charge on any atom is -0.450 e. The van der Waals surface area contributed by atoms with E-state index in [4.69, 9.17) is 22.1 Å². The van der Waals surface area contributed by atoms with Crippen LogP contribution in [0.25, 0.3) is 0 Å². The number of hydrogen-bond acceptors (Lipinski definition) is 3. The number of nitrogens with two attached hydrogens (primary N) is 1. The van der Waals surface area contributed by atoms with Crippen LogP contribution >= 0.6 is 11.6 Å². The Morgan fingerprint density at radius 3 is 2.25 bits per heavy atom. The van der Waals surface area contributed by atoms with Crippen molar-refractivity contribution in [3.63, 3.8) is 0 Å². The Morgan fingerprint density at radius 2 is 1.67 bits per heavy atom. The Kier molecular flexibility index (Phi) is 4.83. The molecular weight excluding hydrogens is 361 g/mol. The second kappa shape index (κ2) is 6.52. The van der Waals surface area contributed by atoms with Crippen molar-refractivity contribution in [1.29, 1.82) is 0 Å². The van der Waals surface area contributed by atoms with Crippen molar-refractivity contribution < 1.29 is 36.2 Å². The van der Waals surface area contributed by atoms with Gasteiger partial charge in [0.2, 0.25) is 0 Å². The number of carbonyl (C=O) groups is 1. The number of primary amides is 1. The lowest BCUT2D eigenvalue weighted by Gasteiger charge is -2.15. The van der Waals surface area contributed by atoms with Gasteiger partial charge in [0.15, 0.2) is 23.1 Å². The van der Waals surface area contributed by atoms with Gasteiger partial charge in [0.25, 0.3) is 5.91 Å². The number of rotatable bonds is 4. The van der Waals surface area contributed by atoms with E-state index in [-0.39, 0.29) is 5.02 Å². The van der Waals surface area contributed by atoms with Gasteiger partial charge in [0.05, 0.1) is 5.56 Å². The van der Waals surface area contributed by atoms with Gasteiger partial charge in [0, 0.05) is 17.2 Å². The SMILES string of the molecule is NC(=O)c1cc(F)c(Oc2ccc(Cl)cc2OC(F)(F)F)cc1F. The molecule has 0 saturated carbocycles. The predicted octanol–water partition coefficient (Wildman–Crippen LogP) is 4.41. The fourth-order valence-corrected chi connectivity index (χ4v) is 1.85. The van der Waals surface area contributed by atoms with E-state index in [1.54, 1.807) is 0 Å². The molecule has 0 saturated heterocycles. The molecule has 0 aliphatic rings. The first-order chi connectivity index (χ1) is 11.1. The van der Waals surface area contributed by atoms with E-state index in [1.165, 1.54) is 0 Å². The molecule has 0 atom stereocenters. The molecule has 4 nitrogen and oxygen atoms in total. The molecule has 0 aromatic heterocycles. The normalized spacial score (nSPS) is 11.2. The third-order valence-corrected chi connectivity index (χ3v) is 2.87. The van der Waals surface area contributed by atoms with Crippen molar-refractivity contribution in [2.75, 3.05) is 0 Å². The minimum atomic E-state index is -5.05. The van der Waals surface area contributed by atoms with Crippen LogP contribution < -0.4 is 15.2 Å². The van der Waals surface area contributed by atoms with Crippen LogP contribution in [0.1, 0.15) is 10.4 Å². The van der Waals surface area contributed by atoms with E-state index in [1.807, 2.05) is 0 Å². The zero-order chi connectivity index (χ0) is 18.1. The van der Waals surface area contributed by atoms with Crippen molar-refractivity contribution in [3.05, 3.63) is 52.6 Å². The standard InChI is InChI=1S/C14H7ClF5NO3/c15-6-1-2-10(12(3-6)24-14(18,19)20)23-11-5-8(16)7(13(21)22)4-9(11)17/h1-5H,(H2,21,22). The summed E-state index contributed by atoms with van der Waals surface area (Å²) in [7, 11) is 0. The Hall–Kier alpha value is -2.55. The Balaban J connectivity index is 2.41. The molecular formula is C14H7ClF5NO3. The molecule has 2 aromatic rings. The van der Waals surface area contributed by atoms with E-state index in [9.17, 15) is 26.7 Å². The molecule has 2 rings (SSSR count). The zero-order valence-electron chi connectivity index (χ0n) is 11.5. The Morgan fingerprint density at radius 1 is 1.00 bits per heavy atom. The maximum atomic E-state index is 13.8. The number of alkyl halides is 3. The van der Waals surface area contributed by atoms with E-state index in [0.717, 1.165) is 18.2 Å². The third kappa shape index (κ3) is 4.25. The summed E-state index contributed by atoms with van der Waals surface area (Å²) in [5.41, 5.74) is 4.12. The number of carbonyl (C=O) groups excluding carboxylic acids is 1. The fourth-order valence-electron chi connectivity index (χ4n) is 1.68. The van der Waals surface area contributed by atoms with Crippen LogP contribution in [0.5, 0.6) is 17.2 Å². The van der Waals surface area contributed by atoms with Gasteiger partial charge in [-0.1, -0.05) is 11.6 Å². The summed E-state index contributed by atoms with van der Waals surface area (Å²) >= 11 is 5.57. The lowest BCUT2D eigenvalue weighted by Crippen LogP contribution is -2.17. The van der Waals surface area contributed by atoms with Gasteiger partial charge in [0.1, 0.15) is 5.82 Å². The van der Waals surface area contributed by atoms with Crippen molar-refractivity contribution in [2.45, 2.75) is 6.36 Å². The van der Waals surface area contributed by atoms with Gasteiger partial charge in [-0.05, 0) is 18.2 Å². The number of hydrogen-bond donors (Lipinski definition) is 1. The van der Waals surface area contributed by atoms with Crippen LogP contribution in [0.3, 0.4) is 0 Å². The number of benzene rings is 2. The van der Waals surface area contributed by atoms with Crippen LogP contribution in [0.2, 0.25) is 5.02 Å². The largest absolute Gasteiger partial charge is 0.573 e. The van der Waals surface area contributed by atoms with Gasteiger partial charge >= 0.3 is 6.36 Å². The van der Waals surface area contributed by atoms with E-state index < -0.39 is 46.7 Å². The first kappa shape index (κ1) is 17.8. The highest BCUT2D eigenvalue weighted by molar-refractivity contribution is 6.30. The van der Waals surface area contributed by atoms with Crippen molar-refractivity contribution in [1.82, 2.24) is 0 Å². The average Bonchev–Trinajstić information content (AvgIpc) is 2.43. The molecule has 0 aliphatic heterocycles. The molecule has 1 amide bonds. The summed E-state index contributed by atoms with van der Waals surface area (Å²) in [6.07, 6.45) is -5.05. The maximum absolute atomic E-state index is 13.8. The van der Waals surface area contributed by atoms with Crippen molar-refractivity contribution in [3.8, 4) is 17.2 Å². The highest BCUT2D eigenvalue weighted by Crippen LogP contribution is 2.38. The Bertz CT molecular complexity index is 795. The van der Waals surface area contributed by atoms with Crippen LogP contribution in [0.15, 0.2) is 30.3 Å². The monoisotopic (exact) mass is 367 g/mol. The summed E-state index contributed by atoms with van der Waals surface area (Å²) < 4.78 is 73.2. The highest BCUT2D eigenvalue weighted by atomic mass is 35.5. The Labute approximate surface area is 136 Å². The summed E-state index contributed by atoms with van der Waals surface area (Å²) in [5.74, 6) is -5.82. The molecule has 0 aliphatic carbocycles. The molecule has 0 spiro atoms. The molecule has 128 valence electrons. The second-order valence-electron chi connectivity index (χ2n) is 4.37. The zero-order valence-corrected chi connectivity index (χ0v) is 12.2. The molecule has 24 heavy (non-hydrogen) atoms. The van der Waals surface area contributed by atoms with Gasteiger partial charge < -0.3 is 15.2 Å². The lowest BCUT2D eigenvalue weighted by molar-refractivity contribution is -0.275. The van der Waals surface area contributed by atoms with Gasteiger partial charge in [-0.3, -0.25) is 4.79 Å². The topological polar surface area (TPSA) is 61.6 Å². The van der Waals surface area contributed by atoms with Crippen LogP contribution in [0, 0.1) is 11.6 Å². The fraction of sp³-hybridized carbons (Fsp3) is 0.0714. The van der Waals surface area contributed by atoms with Crippen LogP contribution in [0.4, 0.5) is 22.0 Å². The quantitative estimate of drug-likeness (QED) is 0.814. The first-order valence-electron chi connectivity index (χ1n) is 6.09. The minimum absolute atomic E-state index is 0.0997. The summed E-state index contributed by atoms with van der Waals surface area (Å²) in [4.78, 5) is 10.9. The second-order valence-corrected chi connectivity index (χ2v) is 4.80. The van der Waals surface area contributed by atoms with E-state index in [0.29, 0.717) is 12.1 Å². The molecule has 2 N–H and O–H groups in total. The van der Waals surface area contributed by atoms with Gasteiger partial charge in [-0.2, -0.15) is 0 Å². The number of ether oxygens (including phenoxy) is 2. The average molecular weight is 368 g/mol. The number of halogens is 6. The van der Waals surface area contributed by atoms with Crippen molar-refractivity contribution in [2.24, 2.45) is 5.73 Å². The molecule has 0 heterocycles. The first-order valence-corrected chi connectivity index (χ1v) is 6.46. The molecule has 2 aromatic carbocycles.